The first-order valence-corrected chi connectivity index (χ1v) is 7.03. The van der Waals surface area contributed by atoms with E-state index in [1.165, 1.54) is 11.1 Å². The van der Waals surface area contributed by atoms with Gasteiger partial charge >= 0.3 is 0 Å². The van der Waals surface area contributed by atoms with Crippen LogP contribution in [0.1, 0.15) is 22.4 Å². The molecule has 0 atom stereocenters. The Hall–Kier alpha value is -1.75. The molecular weight excluding hydrogens is 256 g/mol. The van der Waals surface area contributed by atoms with Crippen LogP contribution in [0.25, 0.3) is 0 Å². The molecule has 5 heteroatoms. The van der Waals surface area contributed by atoms with Crippen LogP contribution in [0.2, 0.25) is 0 Å². The van der Waals surface area contributed by atoms with Crippen molar-refractivity contribution in [1.82, 2.24) is 9.78 Å². The summed E-state index contributed by atoms with van der Waals surface area (Å²) in [4.78, 5) is 0. The first kappa shape index (κ1) is 13.7. The first-order valence-electron chi connectivity index (χ1n) is 6.04. The second kappa shape index (κ2) is 5.48. The Kier molecular flexibility index (Phi) is 3.95. The fourth-order valence-electron chi connectivity index (χ4n) is 1.90. The highest BCUT2D eigenvalue weighted by molar-refractivity contribution is 7.98. The summed E-state index contributed by atoms with van der Waals surface area (Å²) in [5, 5.41) is 12.9. The Balaban J connectivity index is 2.12. The molecule has 1 heterocycles. The van der Waals surface area contributed by atoms with Crippen molar-refractivity contribution in [2.24, 2.45) is 12.8 Å². The highest BCUT2D eigenvalue weighted by Crippen LogP contribution is 2.25. The second-order valence-corrected chi connectivity index (χ2v) is 5.59. The van der Waals surface area contributed by atoms with Crippen molar-refractivity contribution in [3.05, 3.63) is 46.6 Å². The van der Waals surface area contributed by atoms with Gasteiger partial charge in [0.15, 0.2) is 0 Å². The number of aromatic nitrogens is 2. The quantitative estimate of drug-likeness (QED) is 0.511. The van der Waals surface area contributed by atoms with Crippen LogP contribution >= 0.6 is 11.8 Å². The van der Waals surface area contributed by atoms with Crippen molar-refractivity contribution in [2.75, 3.05) is 0 Å². The molecule has 0 bridgehead atoms. The lowest BCUT2D eigenvalue weighted by Crippen LogP contribution is -2.11. The predicted molar refractivity (Wildman–Crippen MR) is 79.7 cm³/mol. The van der Waals surface area contributed by atoms with Gasteiger partial charge < -0.3 is 5.73 Å². The van der Waals surface area contributed by atoms with E-state index in [4.69, 9.17) is 11.1 Å². The molecule has 19 heavy (non-hydrogen) atoms. The number of nitrogen functional groups attached to an aromatic ring is 1. The van der Waals surface area contributed by atoms with E-state index in [0.717, 1.165) is 22.0 Å². The lowest BCUT2D eigenvalue weighted by atomic mass is 10.1. The number of hydrogen-bond donors (Lipinski definition) is 2. The number of rotatable bonds is 4. The highest BCUT2D eigenvalue weighted by Gasteiger charge is 2.06. The zero-order chi connectivity index (χ0) is 14.0. The van der Waals surface area contributed by atoms with E-state index >= 15 is 0 Å². The number of nitrogens with zero attached hydrogens (tertiary/aromatic N) is 2. The Labute approximate surface area is 117 Å². The lowest BCUT2D eigenvalue weighted by molar-refractivity contribution is 0.692. The molecule has 0 saturated heterocycles. The minimum Gasteiger partial charge on any atom is -0.384 e. The number of nitrogens with one attached hydrogen (secondary N) is 1. The molecule has 2 aromatic rings. The van der Waals surface area contributed by atoms with Gasteiger partial charge in [0.1, 0.15) is 5.84 Å². The second-order valence-electron chi connectivity index (χ2n) is 4.59. The van der Waals surface area contributed by atoms with Crippen molar-refractivity contribution in [1.29, 1.82) is 5.41 Å². The molecule has 0 radical (unpaired) electrons. The maximum absolute atomic E-state index is 7.43. The summed E-state index contributed by atoms with van der Waals surface area (Å²) in [5.74, 6) is 1.01. The van der Waals surface area contributed by atoms with Gasteiger partial charge in [-0.05, 0) is 37.1 Å². The number of amidine groups is 1. The standard InChI is InChI=1S/C14H18N4S/c1-9-6-11(14(15)16)4-5-12(9)8-19-13-7-10(2)17-18(13)3/h4-7H,8H2,1-3H3,(H3,15,16). The number of hydrogen-bond acceptors (Lipinski definition) is 3. The zero-order valence-corrected chi connectivity index (χ0v) is 12.2. The monoisotopic (exact) mass is 274 g/mol. The maximum Gasteiger partial charge on any atom is 0.122 e. The smallest absolute Gasteiger partial charge is 0.122 e. The number of aryl methyl sites for hydroxylation is 3. The fraction of sp³-hybridized carbons (Fsp3) is 0.286. The van der Waals surface area contributed by atoms with Crippen LogP contribution in [0.15, 0.2) is 29.3 Å². The van der Waals surface area contributed by atoms with Crippen LogP contribution in [0, 0.1) is 19.3 Å². The molecular formula is C14H18N4S. The average Bonchev–Trinajstić information content (AvgIpc) is 2.66. The van der Waals surface area contributed by atoms with Gasteiger partial charge in [0.25, 0.3) is 0 Å². The van der Waals surface area contributed by atoms with E-state index in [1.54, 1.807) is 11.8 Å². The first-order chi connectivity index (χ1) is 8.97. The van der Waals surface area contributed by atoms with Crippen LogP contribution < -0.4 is 5.73 Å². The van der Waals surface area contributed by atoms with E-state index in [0.29, 0.717) is 0 Å². The van der Waals surface area contributed by atoms with E-state index in [-0.39, 0.29) is 5.84 Å². The minimum atomic E-state index is 0.115. The van der Waals surface area contributed by atoms with Crippen molar-refractivity contribution in [2.45, 2.75) is 24.6 Å². The van der Waals surface area contributed by atoms with Crippen LogP contribution in [0.3, 0.4) is 0 Å². The van der Waals surface area contributed by atoms with Gasteiger partial charge in [0.2, 0.25) is 0 Å². The van der Waals surface area contributed by atoms with E-state index in [2.05, 4.69) is 18.1 Å². The van der Waals surface area contributed by atoms with Crippen LogP contribution in [0.5, 0.6) is 0 Å². The average molecular weight is 274 g/mol. The molecule has 1 aromatic heterocycles. The van der Waals surface area contributed by atoms with Crippen LogP contribution in [-0.2, 0) is 12.8 Å². The molecule has 0 aliphatic heterocycles. The van der Waals surface area contributed by atoms with Crippen molar-refractivity contribution in [3.8, 4) is 0 Å². The molecule has 0 fully saturated rings. The lowest BCUT2D eigenvalue weighted by Gasteiger charge is -2.08. The van der Waals surface area contributed by atoms with Gasteiger partial charge in [-0.15, -0.1) is 11.8 Å². The van der Waals surface area contributed by atoms with Crippen molar-refractivity contribution >= 4 is 17.6 Å². The van der Waals surface area contributed by atoms with Gasteiger partial charge in [-0.3, -0.25) is 10.1 Å². The summed E-state index contributed by atoms with van der Waals surface area (Å²) < 4.78 is 1.90. The summed E-state index contributed by atoms with van der Waals surface area (Å²) in [6.45, 7) is 4.05. The molecule has 0 amide bonds. The minimum absolute atomic E-state index is 0.115. The van der Waals surface area contributed by atoms with Gasteiger partial charge in [-0.1, -0.05) is 12.1 Å². The summed E-state index contributed by atoms with van der Waals surface area (Å²) in [5.41, 5.74) is 9.73. The summed E-state index contributed by atoms with van der Waals surface area (Å²) in [6, 6.07) is 8.00. The molecule has 0 saturated carbocycles. The van der Waals surface area contributed by atoms with E-state index < -0.39 is 0 Å². The third-order valence-corrected chi connectivity index (χ3v) is 4.12. The Morgan fingerprint density at radius 3 is 2.63 bits per heavy atom. The predicted octanol–water partition coefficient (Wildman–Crippen LogP) is 2.61. The third kappa shape index (κ3) is 3.17. The molecule has 0 unspecified atom stereocenters. The largest absolute Gasteiger partial charge is 0.384 e. The number of thioether (sulfide) groups is 1. The molecule has 0 aliphatic carbocycles. The molecule has 3 N–H and O–H groups in total. The van der Waals surface area contributed by atoms with Crippen LogP contribution in [-0.4, -0.2) is 15.6 Å². The van der Waals surface area contributed by atoms with Gasteiger partial charge in [-0.2, -0.15) is 5.10 Å². The van der Waals surface area contributed by atoms with E-state index in [1.807, 2.05) is 36.9 Å². The van der Waals surface area contributed by atoms with Crippen molar-refractivity contribution < 1.29 is 0 Å². The number of nitrogens with two attached hydrogens (primary N) is 1. The number of benzene rings is 1. The van der Waals surface area contributed by atoms with Gasteiger partial charge in [0, 0.05) is 18.4 Å². The molecule has 4 nitrogen and oxygen atoms in total. The van der Waals surface area contributed by atoms with Crippen molar-refractivity contribution in [3.63, 3.8) is 0 Å². The molecule has 100 valence electrons. The van der Waals surface area contributed by atoms with E-state index in [9.17, 15) is 0 Å². The van der Waals surface area contributed by atoms with Gasteiger partial charge in [-0.25, -0.2) is 0 Å². The Bertz CT molecular complexity index is 616. The summed E-state index contributed by atoms with van der Waals surface area (Å²) >= 11 is 1.76. The normalized spacial score (nSPS) is 10.7. The fourth-order valence-corrected chi connectivity index (χ4v) is 3.01. The summed E-state index contributed by atoms with van der Waals surface area (Å²) in [6.07, 6.45) is 0. The van der Waals surface area contributed by atoms with Gasteiger partial charge in [0.05, 0.1) is 10.7 Å². The maximum atomic E-state index is 7.43. The molecule has 0 aliphatic rings. The molecule has 1 aromatic carbocycles. The molecule has 2 rings (SSSR count). The van der Waals surface area contributed by atoms with Crippen LogP contribution in [0.4, 0.5) is 0 Å². The Morgan fingerprint density at radius 2 is 2.11 bits per heavy atom. The SMILES string of the molecule is Cc1cc(SCc2ccc(C(=N)N)cc2C)n(C)n1. The zero-order valence-electron chi connectivity index (χ0n) is 11.4. The molecule has 0 spiro atoms. The topological polar surface area (TPSA) is 67.7 Å². The third-order valence-electron chi connectivity index (χ3n) is 2.99. The Morgan fingerprint density at radius 1 is 1.37 bits per heavy atom. The summed E-state index contributed by atoms with van der Waals surface area (Å²) in [7, 11) is 1.96. The highest BCUT2D eigenvalue weighted by atomic mass is 32.2.